The maximum Gasteiger partial charge on any atom is 0.257 e. The quantitative estimate of drug-likeness (QED) is 0.852. The normalized spacial score (nSPS) is 36.3. The Balaban J connectivity index is 1.53. The fourth-order valence-corrected chi connectivity index (χ4v) is 4.09. The monoisotopic (exact) mass is 267 g/mol. The summed E-state index contributed by atoms with van der Waals surface area (Å²) in [7, 11) is 0. The van der Waals surface area contributed by atoms with E-state index in [1.54, 1.807) is 11.8 Å². The van der Waals surface area contributed by atoms with Crippen LogP contribution < -0.4 is 5.32 Å². The molecule has 100 valence electrons. The Bertz CT molecular complexity index is 363. The van der Waals surface area contributed by atoms with E-state index >= 15 is 0 Å². The highest BCUT2D eigenvalue weighted by atomic mass is 32.2. The molecule has 2 aliphatic heterocycles. The molecule has 0 aromatic carbocycles. The molecule has 4 heteroatoms. The highest BCUT2D eigenvalue weighted by molar-refractivity contribution is 8.04. The van der Waals surface area contributed by atoms with Crippen molar-refractivity contribution >= 4 is 17.7 Å². The Kier molecular flexibility index (Phi) is 3.66. The average molecular weight is 267 g/mol. The largest absolute Gasteiger partial charge is 0.381 e. The molecule has 1 amide bonds. The van der Waals surface area contributed by atoms with Crippen LogP contribution in [0, 0.1) is 17.8 Å². The first kappa shape index (κ1) is 12.5. The molecule has 0 bridgehead atoms. The van der Waals surface area contributed by atoms with Crippen LogP contribution in [0.5, 0.6) is 0 Å². The third-order valence-corrected chi connectivity index (χ3v) is 5.48. The molecule has 1 saturated carbocycles. The van der Waals surface area contributed by atoms with Gasteiger partial charge in [0.1, 0.15) is 0 Å². The van der Waals surface area contributed by atoms with Crippen molar-refractivity contribution in [2.45, 2.75) is 32.2 Å². The van der Waals surface area contributed by atoms with Crippen LogP contribution in [0.3, 0.4) is 0 Å². The van der Waals surface area contributed by atoms with E-state index in [-0.39, 0.29) is 5.91 Å². The predicted octanol–water partition coefficient (Wildman–Crippen LogP) is 2.18. The molecule has 2 heterocycles. The van der Waals surface area contributed by atoms with Crippen LogP contribution in [0.2, 0.25) is 0 Å². The van der Waals surface area contributed by atoms with E-state index in [2.05, 4.69) is 18.3 Å². The van der Waals surface area contributed by atoms with Crippen molar-refractivity contribution in [1.29, 1.82) is 0 Å². The lowest BCUT2D eigenvalue weighted by Crippen LogP contribution is -2.39. The molecule has 0 aromatic rings. The number of hydrogen-bond acceptors (Lipinski definition) is 3. The third kappa shape index (κ3) is 2.75. The maximum atomic E-state index is 12.1. The molecule has 1 aliphatic carbocycles. The standard InChI is InChI=1S/C14H21NO2S/c1-9-6-12(9)10-7-13(18-8-10)14(16)15-11-2-4-17-5-3-11/h7,9-12H,2-6,8H2,1H3,(H,15,16). The Morgan fingerprint density at radius 3 is 2.83 bits per heavy atom. The van der Waals surface area contributed by atoms with Crippen molar-refractivity contribution in [3.63, 3.8) is 0 Å². The minimum Gasteiger partial charge on any atom is -0.381 e. The molecule has 3 aliphatic rings. The van der Waals surface area contributed by atoms with E-state index in [1.807, 2.05) is 0 Å². The second-order valence-electron chi connectivity index (χ2n) is 5.74. The minimum absolute atomic E-state index is 0.141. The lowest BCUT2D eigenvalue weighted by molar-refractivity contribution is -0.118. The molecule has 3 nitrogen and oxygen atoms in total. The summed E-state index contributed by atoms with van der Waals surface area (Å²) < 4.78 is 5.30. The lowest BCUT2D eigenvalue weighted by Gasteiger charge is -2.23. The summed E-state index contributed by atoms with van der Waals surface area (Å²) >= 11 is 1.74. The van der Waals surface area contributed by atoms with Crippen molar-refractivity contribution in [2.24, 2.45) is 17.8 Å². The van der Waals surface area contributed by atoms with E-state index in [1.165, 1.54) is 6.42 Å². The fraction of sp³-hybridized carbons (Fsp3) is 0.786. The summed E-state index contributed by atoms with van der Waals surface area (Å²) in [6, 6.07) is 0.312. The maximum absolute atomic E-state index is 12.1. The van der Waals surface area contributed by atoms with Gasteiger partial charge in [0.25, 0.3) is 5.91 Å². The molecule has 0 spiro atoms. The molecule has 3 rings (SSSR count). The summed E-state index contributed by atoms with van der Waals surface area (Å²) in [4.78, 5) is 13.1. The Morgan fingerprint density at radius 1 is 1.44 bits per heavy atom. The predicted molar refractivity (Wildman–Crippen MR) is 73.3 cm³/mol. The SMILES string of the molecule is CC1CC1C1C=C(C(=O)NC2CCOCC2)SC1. The Morgan fingerprint density at radius 2 is 2.17 bits per heavy atom. The van der Waals surface area contributed by atoms with Gasteiger partial charge in [0, 0.05) is 25.0 Å². The van der Waals surface area contributed by atoms with Crippen molar-refractivity contribution in [1.82, 2.24) is 5.32 Å². The second-order valence-corrected chi connectivity index (χ2v) is 6.80. The van der Waals surface area contributed by atoms with Gasteiger partial charge >= 0.3 is 0 Å². The molecule has 0 radical (unpaired) electrons. The zero-order chi connectivity index (χ0) is 12.5. The van der Waals surface area contributed by atoms with Crippen LogP contribution in [-0.4, -0.2) is 30.9 Å². The highest BCUT2D eigenvalue weighted by Gasteiger charge is 2.41. The van der Waals surface area contributed by atoms with Crippen LogP contribution >= 0.6 is 11.8 Å². The van der Waals surface area contributed by atoms with E-state index in [0.29, 0.717) is 12.0 Å². The molecule has 18 heavy (non-hydrogen) atoms. The molecular formula is C14H21NO2S. The number of carbonyl (C=O) groups excluding carboxylic acids is 1. The lowest BCUT2D eigenvalue weighted by atomic mass is 10.0. The first-order chi connectivity index (χ1) is 8.74. The van der Waals surface area contributed by atoms with Gasteiger partial charge in [-0.05, 0) is 37.0 Å². The first-order valence-corrected chi connectivity index (χ1v) is 7.96. The van der Waals surface area contributed by atoms with Crippen LogP contribution in [0.4, 0.5) is 0 Å². The van der Waals surface area contributed by atoms with E-state index in [0.717, 1.165) is 48.5 Å². The number of amides is 1. The van der Waals surface area contributed by atoms with Gasteiger partial charge in [0.2, 0.25) is 0 Å². The first-order valence-electron chi connectivity index (χ1n) is 6.97. The van der Waals surface area contributed by atoms with Crippen molar-refractivity contribution in [2.75, 3.05) is 19.0 Å². The third-order valence-electron chi connectivity index (χ3n) is 4.30. The molecule has 1 N–H and O–H groups in total. The summed E-state index contributed by atoms with van der Waals surface area (Å²) in [5, 5.41) is 3.14. The molecule has 1 saturated heterocycles. The zero-order valence-corrected chi connectivity index (χ0v) is 11.7. The number of nitrogens with one attached hydrogen (secondary N) is 1. The van der Waals surface area contributed by atoms with Gasteiger partial charge in [-0.15, -0.1) is 11.8 Å². The van der Waals surface area contributed by atoms with E-state index < -0.39 is 0 Å². The molecular weight excluding hydrogens is 246 g/mol. The van der Waals surface area contributed by atoms with Crippen molar-refractivity contribution in [3.8, 4) is 0 Å². The Hall–Kier alpha value is -0.480. The highest BCUT2D eigenvalue weighted by Crippen LogP contribution is 2.49. The second kappa shape index (κ2) is 5.25. The Labute approximate surface area is 113 Å². The van der Waals surface area contributed by atoms with Gasteiger partial charge in [0.05, 0.1) is 4.91 Å². The van der Waals surface area contributed by atoms with Crippen LogP contribution in [-0.2, 0) is 9.53 Å². The smallest absolute Gasteiger partial charge is 0.257 e. The molecule has 3 unspecified atom stereocenters. The van der Waals surface area contributed by atoms with Crippen LogP contribution in [0.15, 0.2) is 11.0 Å². The van der Waals surface area contributed by atoms with E-state index in [9.17, 15) is 4.79 Å². The molecule has 3 atom stereocenters. The zero-order valence-electron chi connectivity index (χ0n) is 10.9. The van der Waals surface area contributed by atoms with Crippen molar-refractivity contribution in [3.05, 3.63) is 11.0 Å². The topological polar surface area (TPSA) is 38.3 Å². The van der Waals surface area contributed by atoms with E-state index in [4.69, 9.17) is 4.74 Å². The molecule has 2 fully saturated rings. The van der Waals surface area contributed by atoms with Gasteiger partial charge in [-0.1, -0.05) is 13.0 Å². The molecule has 0 aromatic heterocycles. The number of hydrogen-bond donors (Lipinski definition) is 1. The number of ether oxygens (including phenoxy) is 1. The average Bonchev–Trinajstić information content (AvgIpc) is 2.93. The summed E-state index contributed by atoms with van der Waals surface area (Å²) in [6.45, 7) is 3.86. The summed E-state index contributed by atoms with van der Waals surface area (Å²) in [6.07, 6.45) is 5.46. The summed E-state index contributed by atoms with van der Waals surface area (Å²) in [5.41, 5.74) is 0. The number of rotatable bonds is 3. The minimum atomic E-state index is 0.141. The summed E-state index contributed by atoms with van der Waals surface area (Å²) in [5.74, 6) is 3.59. The van der Waals surface area contributed by atoms with Gasteiger partial charge in [-0.2, -0.15) is 0 Å². The van der Waals surface area contributed by atoms with Crippen LogP contribution in [0.25, 0.3) is 0 Å². The van der Waals surface area contributed by atoms with Gasteiger partial charge in [-0.3, -0.25) is 4.79 Å². The van der Waals surface area contributed by atoms with Gasteiger partial charge < -0.3 is 10.1 Å². The van der Waals surface area contributed by atoms with Crippen LogP contribution in [0.1, 0.15) is 26.2 Å². The fourth-order valence-electron chi connectivity index (χ4n) is 2.91. The van der Waals surface area contributed by atoms with Gasteiger partial charge in [-0.25, -0.2) is 0 Å². The van der Waals surface area contributed by atoms with Gasteiger partial charge in [0.15, 0.2) is 0 Å². The number of allylic oxidation sites excluding steroid dienone is 1. The van der Waals surface area contributed by atoms with Crippen molar-refractivity contribution < 1.29 is 9.53 Å². The number of thioether (sulfide) groups is 1. The number of carbonyl (C=O) groups is 1.